The molecule has 1 N–H and O–H groups in total. The number of hydrogen-bond acceptors (Lipinski definition) is 3. The molecule has 120 valence electrons. The van der Waals surface area contributed by atoms with Crippen molar-refractivity contribution in [1.29, 1.82) is 0 Å². The largest absolute Gasteiger partial charge is 0.389 e. The molecule has 0 aromatic heterocycles. The Kier molecular flexibility index (Phi) is 11.7. The third kappa shape index (κ3) is 7.83. The summed E-state index contributed by atoms with van der Waals surface area (Å²) in [5.41, 5.74) is -1.08. The van der Waals surface area contributed by atoms with Crippen LogP contribution < -0.4 is 0 Å². The predicted molar refractivity (Wildman–Crippen MR) is 83.6 cm³/mol. The molecule has 0 aromatic rings. The van der Waals surface area contributed by atoms with Crippen molar-refractivity contribution in [3.63, 3.8) is 0 Å². The Bertz CT molecular complexity index is 230. The number of aliphatic hydroxyl groups excluding tert-OH is 1. The lowest BCUT2D eigenvalue weighted by atomic mass is 9.87. The van der Waals surface area contributed by atoms with Gasteiger partial charge in [-0.15, -0.1) is 0 Å². The Morgan fingerprint density at radius 1 is 0.850 bits per heavy atom. The maximum absolute atomic E-state index is 11.3. The fourth-order valence-electron chi connectivity index (χ4n) is 2.64. The van der Waals surface area contributed by atoms with E-state index in [-0.39, 0.29) is 11.5 Å². The maximum Gasteiger partial charge on any atom is 0.244 e. The van der Waals surface area contributed by atoms with Crippen LogP contribution in [0.2, 0.25) is 0 Å². The number of nitrogens with zero attached hydrogens (tertiary/aromatic N) is 1. The Morgan fingerprint density at radius 2 is 1.25 bits per heavy atom. The predicted octanol–water partition coefficient (Wildman–Crippen LogP) is 4.72. The zero-order chi connectivity index (χ0) is 15.3. The fraction of sp³-hybridized carbons (Fsp3) is 1.00. The smallest absolute Gasteiger partial charge is 0.244 e. The number of nitro groups is 1. The molecule has 0 atom stereocenters. The quantitative estimate of drug-likeness (QED) is 0.286. The first-order chi connectivity index (χ1) is 9.63. The van der Waals surface area contributed by atoms with E-state index in [0.717, 1.165) is 38.5 Å². The molecule has 0 aliphatic carbocycles. The Morgan fingerprint density at radius 3 is 1.55 bits per heavy atom. The molecule has 0 bridgehead atoms. The second-order valence-corrected chi connectivity index (χ2v) is 5.97. The van der Waals surface area contributed by atoms with Gasteiger partial charge in [0.2, 0.25) is 5.54 Å². The first-order valence-corrected chi connectivity index (χ1v) is 8.38. The minimum Gasteiger partial charge on any atom is -0.389 e. The lowest BCUT2D eigenvalue weighted by molar-refractivity contribution is -0.576. The van der Waals surface area contributed by atoms with Crippen molar-refractivity contribution >= 4 is 0 Å². The van der Waals surface area contributed by atoms with E-state index in [9.17, 15) is 15.2 Å². The highest BCUT2D eigenvalue weighted by molar-refractivity contribution is 4.78. The molecule has 0 spiro atoms. The van der Waals surface area contributed by atoms with E-state index in [1.165, 1.54) is 25.7 Å². The highest BCUT2D eigenvalue weighted by Crippen LogP contribution is 2.26. The second-order valence-electron chi connectivity index (χ2n) is 5.97. The van der Waals surface area contributed by atoms with E-state index < -0.39 is 5.54 Å². The van der Waals surface area contributed by atoms with Gasteiger partial charge in [0.25, 0.3) is 0 Å². The standard InChI is InChI=1S/C16H33NO3/c1-3-5-7-9-11-13-16(15-18,17(19)20)14-12-10-8-6-4-2/h18H,3-15H2,1-2H3. The summed E-state index contributed by atoms with van der Waals surface area (Å²) < 4.78 is 0. The van der Waals surface area contributed by atoms with Gasteiger partial charge in [-0.1, -0.05) is 65.2 Å². The van der Waals surface area contributed by atoms with E-state index in [1.54, 1.807) is 0 Å². The topological polar surface area (TPSA) is 63.4 Å². The summed E-state index contributed by atoms with van der Waals surface area (Å²) in [6, 6.07) is 0. The molecule has 0 aromatic carbocycles. The third-order valence-electron chi connectivity index (χ3n) is 4.17. The average Bonchev–Trinajstić information content (AvgIpc) is 2.44. The zero-order valence-corrected chi connectivity index (χ0v) is 13.4. The summed E-state index contributed by atoms with van der Waals surface area (Å²) in [7, 11) is 0. The van der Waals surface area contributed by atoms with Gasteiger partial charge >= 0.3 is 0 Å². The van der Waals surface area contributed by atoms with Crippen LogP contribution in [0, 0.1) is 10.1 Å². The van der Waals surface area contributed by atoms with Gasteiger partial charge in [-0.2, -0.15) is 0 Å². The molecule has 0 radical (unpaired) electrons. The molecule has 0 saturated heterocycles. The number of hydrogen-bond donors (Lipinski definition) is 1. The van der Waals surface area contributed by atoms with Crippen molar-refractivity contribution in [2.45, 2.75) is 96.4 Å². The van der Waals surface area contributed by atoms with Gasteiger partial charge in [0.1, 0.15) is 6.61 Å². The SMILES string of the molecule is CCCCCCCC(CO)(CCCCCCC)[N+](=O)[O-]. The molecule has 0 aliphatic rings. The van der Waals surface area contributed by atoms with E-state index in [0.29, 0.717) is 12.8 Å². The van der Waals surface area contributed by atoms with Crippen LogP contribution in [0.15, 0.2) is 0 Å². The van der Waals surface area contributed by atoms with E-state index in [2.05, 4.69) is 13.8 Å². The monoisotopic (exact) mass is 287 g/mol. The Hall–Kier alpha value is -0.640. The van der Waals surface area contributed by atoms with Gasteiger partial charge in [0, 0.05) is 17.8 Å². The average molecular weight is 287 g/mol. The van der Waals surface area contributed by atoms with Gasteiger partial charge in [0.05, 0.1) is 0 Å². The summed E-state index contributed by atoms with van der Waals surface area (Å²) >= 11 is 0. The fourth-order valence-corrected chi connectivity index (χ4v) is 2.64. The Balaban J connectivity index is 4.11. The van der Waals surface area contributed by atoms with Gasteiger partial charge in [0.15, 0.2) is 0 Å². The molecule has 4 nitrogen and oxygen atoms in total. The van der Waals surface area contributed by atoms with Crippen molar-refractivity contribution in [2.75, 3.05) is 6.61 Å². The minimum atomic E-state index is -1.08. The highest BCUT2D eigenvalue weighted by Gasteiger charge is 2.40. The molecular weight excluding hydrogens is 254 g/mol. The molecule has 0 rings (SSSR count). The van der Waals surface area contributed by atoms with Crippen LogP contribution in [0.4, 0.5) is 0 Å². The van der Waals surface area contributed by atoms with Gasteiger partial charge in [-0.3, -0.25) is 10.1 Å². The van der Waals surface area contributed by atoms with Crippen LogP contribution in [-0.2, 0) is 0 Å². The summed E-state index contributed by atoms with van der Waals surface area (Å²) in [6.07, 6.45) is 11.9. The van der Waals surface area contributed by atoms with E-state index in [1.807, 2.05) is 0 Å². The lowest BCUT2D eigenvalue weighted by Gasteiger charge is -2.23. The van der Waals surface area contributed by atoms with Crippen molar-refractivity contribution in [2.24, 2.45) is 0 Å². The van der Waals surface area contributed by atoms with Crippen molar-refractivity contribution in [3.8, 4) is 0 Å². The van der Waals surface area contributed by atoms with Crippen LogP contribution in [0.1, 0.15) is 90.9 Å². The summed E-state index contributed by atoms with van der Waals surface area (Å²) in [5, 5.41) is 20.8. The summed E-state index contributed by atoms with van der Waals surface area (Å²) in [5.74, 6) is 0. The van der Waals surface area contributed by atoms with Crippen molar-refractivity contribution < 1.29 is 10.0 Å². The highest BCUT2D eigenvalue weighted by atomic mass is 16.6. The Labute approximate surface area is 124 Å². The van der Waals surface area contributed by atoms with Gasteiger partial charge in [-0.25, -0.2) is 0 Å². The molecule has 0 heterocycles. The normalized spacial score (nSPS) is 11.8. The van der Waals surface area contributed by atoms with Crippen molar-refractivity contribution in [1.82, 2.24) is 0 Å². The van der Waals surface area contributed by atoms with Crippen LogP contribution in [0.3, 0.4) is 0 Å². The van der Waals surface area contributed by atoms with Crippen molar-refractivity contribution in [3.05, 3.63) is 10.1 Å². The van der Waals surface area contributed by atoms with E-state index >= 15 is 0 Å². The first-order valence-electron chi connectivity index (χ1n) is 8.38. The molecule has 20 heavy (non-hydrogen) atoms. The van der Waals surface area contributed by atoms with Gasteiger partial charge in [-0.05, 0) is 12.8 Å². The van der Waals surface area contributed by atoms with Gasteiger partial charge < -0.3 is 5.11 Å². The lowest BCUT2D eigenvalue weighted by Crippen LogP contribution is -2.42. The maximum atomic E-state index is 11.3. The molecule has 0 unspecified atom stereocenters. The van der Waals surface area contributed by atoms with Crippen LogP contribution in [-0.4, -0.2) is 22.2 Å². The van der Waals surface area contributed by atoms with Crippen LogP contribution >= 0.6 is 0 Å². The molecule has 4 heteroatoms. The van der Waals surface area contributed by atoms with Crippen LogP contribution in [0.5, 0.6) is 0 Å². The second kappa shape index (κ2) is 12.1. The van der Waals surface area contributed by atoms with Crippen LogP contribution in [0.25, 0.3) is 0 Å². The third-order valence-corrected chi connectivity index (χ3v) is 4.17. The summed E-state index contributed by atoms with van der Waals surface area (Å²) in [4.78, 5) is 11.1. The number of unbranched alkanes of at least 4 members (excludes halogenated alkanes) is 8. The molecule has 0 fully saturated rings. The zero-order valence-electron chi connectivity index (χ0n) is 13.4. The number of aliphatic hydroxyl groups is 1. The molecule has 0 saturated carbocycles. The summed E-state index contributed by atoms with van der Waals surface area (Å²) in [6.45, 7) is 4.00. The molecular formula is C16H33NO3. The molecule has 0 amide bonds. The van der Waals surface area contributed by atoms with E-state index in [4.69, 9.17) is 0 Å². The first kappa shape index (κ1) is 19.4. The minimum absolute atomic E-state index is 0.230. The number of rotatable bonds is 14. The molecule has 0 aliphatic heterocycles.